The molecule has 0 amide bonds. The van der Waals surface area contributed by atoms with Gasteiger partial charge in [0.05, 0.1) is 12.6 Å². The quantitative estimate of drug-likeness (QED) is 0.464. The molecule has 172 valence electrons. The Morgan fingerprint density at radius 2 is 1.79 bits per heavy atom. The average molecular weight is 446 g/mol. The van der Waals surface area contributed by atoms with Crippen LogP contribution in [0.15, 0.2) is 72.8 Å². The first-order valence-electron chi connectivity index (χ1n) is 11.6. The Kier molecular flexibility index (Phi) is 7.30. The first kappa shape index (κ1) is 22.9. The summed E-state index contributed by atoms with van der Waals surface area (Å²) in [4.78, 5) is 14.1. The summed E-state index contributed by atoms with van der Waals surface area (Å²) in [6.45, 7) is 5.74. The topological polar surface area (TPSA) is 59.0 Å². The molecule has 2 unspecified atom stereocenters. The fourth-order valence-corrected chi connectivity index (χ4v) is 4.62. The van der Waals surface area contributed by atoms with Gasteiger partial charge in [-0.25, -0.2) is 0 Å². The minimum Gasteiger partial charge on any atom is -0.490 e. The van der Waals surface area contributed by atoms with Gasteiger partial charge >= 0.3 is 5.97 Å². The van der Waals surface area contributed by atoms with E-state index in [-0.39, 0.29) is 6.04 Å². The Hall–Kier alpha value is -3.31. The zero-order chi connectivity index (χ0) is 23.2. The van der Waals surface area contributed by atoms with Gasteiger partial charge in [0.25, 0.3) is 0 Å². The van der Waals surface area contributed by atoms with Gasteiger partial charge in [-0.15, -0.1) is 0 Å². The Labute approximate surface area is 195 Å². The third-order valence-electron chi connectivity index (χ3n) is 6.21. The van der Waals surface area contributed by atoms with Crippen LogP contribution in [0.25, 0.3) is 0 Å². The molecule has 1 fully saturated rings. The highest BCUT2D eigenvalue weighted by Crippen LogP contribution is 2.40. The molecule has 4 rings (SSSR count). The number of ether oxygens (including phenoxy) is 2. The molecule has 5 heteroatoms. The molecule has 3 aromatic rings. The van der Waals surface area contributed by atoms with E-state index in [0.29, 0.717) is 31.1 Å². The first-order valence-corrected chi connectivity index (χ1v) is 11.6. The van der Waals surface area contributed by atoms with Gasteiger partial charge < -0.3 is 14.6 Å². The zero-order valence-electron chi connectivity index (χ0n) is 19.2. The molecule has 1 aliphatic rings. The molecule has 0 spiro atoms. The molecule has 0 aromatic heterocycles. The summed E-state index contributed by atoms with van der Waals surface area (Å²) >= 11 is 0. The van der Waals surface area contributed by atoms with Crippen molar-refractivity contribution >= 4 is 5.97 Å². The number of hydrogen-bond acceptors (Lipinski definition) is 4. The van der Waals surface area contributed by atoms with Crippen LogP contribution in [-0.4, -0.2) is 35.2 Å². The van der Waals surface area contributed by atoms with E-state index in [1.807, 2.05) is 67.6 Å². The smallest absolute Gasteiger partial charge is 0.320 e. The molecule has 0 bridgehead atoms. The largest absolute Gasteiger partial charge is 0.490 e. The van der Waals surface area contributed by atoms with Crippen molar-refractivity contribution in [2.45, 2.75) is 45.4 Å². The molecule has 33 heavy (non-hydrogen) atoms. The lowest BCUT2D eigenvalue weighted by molar-refractivity contribution is -0.142. The van der Waals surface area contributed by atoms with Crippen LogP contribution in [-0.2, 0) is 11.4 Å². The Morgan fingerprint density at radius 1 is 1.03 bits per heavy atom. The van der Waals surface area contributed by atoms with E-state index in [1.54, 1.807) is 0 Å². The Bertz CT molecular complexity index is 1080. The van der Waals surface area contributed by atoms with Crippen molar-refractivity contribution in [2.75, 3.05) is 13.2 Å². The Balaban J connectivity index is 1.71. The van der Waals surface area contributed by atoms with Crippen LogP contribution in [0.1, 0.15) is 48.1 Å². The maximum Gasteiger partial charge on any atom is 0.320 e. The van der Waals surface area contributed by atoms with E-state index in [2.05, 4.69) is 24.0 Å². The van der Waals surface area contributed by atoms with Crippen LogP contribution in [0.3, 0.4) is 0 Å². The van der Waals surface area contributed by atoms with Gasteiger partial charge in [0, 0.05) is 6.54 Å². The minimum absolute atomic E-state index is 0.169. The predicted octanol–water partition coefficient (Wildman–Crippen LogP) is 5.61. The van der Waals surface area contributed by atoms with Crippen molar-refractivity contribution in [2.24, 2.45) is 0 Å². The summed E-state index contributed by atoms with van der Waals surface area (Å²) < 4.78 is 12.1. The van der Waals surface area contributed by atoms with Gasteiger partial charge in [0.2, 0.25) is 0 Å². The van der Waals surface area contributed by atoms with E-state index in [1.165, 1.54) is 0 Å². The van der Waals surface area contributed by atoms with Crippen molar-refractivity contribution in [1.82, 2.24) is 4.90 Å². The summed E-state index contributed by atoms with van der Waals surface area (Å²) in [6, 6.07) is 23.6. The number of rotatable bonds is 9. The number of carbonyl (C=O) groups is 1. The lowest BCUT2D eigenvalue weighted by Crippen LogP contribution is -2.39. The van der Waals surface area contributed by atoms with E-state index < -0.39 is 12.0 Å². The highest BCUT2D eigenvalue weighted by molar-refractivity contribution is 5.74. The van der Waals surface area contributed by atoms with Gasteiger partial charge in [0.1, 0.15) is 12.6 Å². The van der Waals surface area contributed by atoms with E-state index in [4.69, 9.17) is 9.47 Å². The number of nitrogens with zero attached hydrogens (tertiary/aromatic N) is 1. The number of aliphatic carboxylic acids is 1. The second-order valence-corrected chi connectivity index (χ2v) is 8.41. The highest BCUT2D eigenvalue weighted by atomic mass is 16.5. The van der Waals surface area contributed by atoms with Crippen LogP contribution in [0.5, 0.6) is 11.5 Å². The lowest BCUT2D eigenvalue weighted by atomic mass is 9.92. The van der Waals surface area contributed by atoms with Gasteiger partial charge in [-0.3, -0.25) is 9.69 Å². The van der Waals surface area contributed by atoms with Crippen LogP contribution >= 0.6 is 0 Å². The van der Waals surface area contributed by atoms with Crippen LogP contribution in [0.4, 0.5) is 0 Å². The summed E-state index contributed by atoms with van der Waals surface area (Å²) in [6.07, 6.45) is 1.53. The van der Waals surface area contributed by atoms with Crippen molar-refractivity contribution in [1.29, 1.82) is 0 Å². The van der Waals surface area contributed by atoms with Gasteiger partial charge in [-0.2, -0.15) is 0 Å². The molecular formula is C28H31NO4. The molecule has 0 aliphatic carbocycles. The molecule has 0 saturated carbocycles. The summed E-state index contributed by atoms with van der Waals surface area (Å²) in [5.41, 5.74) is 4.35. The monoisotopic (exact) mass is 445 g/mol. The number of benzene rings is 3. The van der Waals surface area contributed by atoms with E-state index in [0.717, 1.165) is 35.2 Å². The molecule has 1 N–H and O–H groups in total. The van der Waals surface area contributed by atoms with Gasteiger partial charge in [0.15, 0.2) is 11.5 Å². The van der Waals surface area contributed by atoms with E-state index >= 15 is 0 Å². The molecule has 2 atom stereocenters. The molecule has 1 heterocycles. The zero-order valence-corrected chi connectivity index (χ0v) is 19.2. The minimum atomic E-state index is -0.765. The van der Waals surface area contributed by atoms with Crippen molar-refractivity contribution in [3.05, 3.63) is 95.1 Å². The maximum atomic E-state index is 12.0. The fourth-order valence-electron chi connectivity index (χ4n) is 4.62. The second kappa shape index (κ2) is 10.5. The number of carboxylic acid groups (broad SMARTS) is 1. The molecule has 3 aromatic carbocycles. The predicted molar refractivity (Wildman–Crippen MR) is 129 cm³/mol. The highest BCUT2D eigenvalue weighted by Gasteiger charge is 2.37. The number of likely N-dealkylation sites (tertiary alicyclic amines) is 1. The molecular weight excluding hydrogens is 414 g/mol. The molecule has 1 aliphatic heterocycles. The summed E-state index contributed by atoms with van der Waals surface area (Å²) in [7, 11) is 0. The molecule has 5 nitrogen and oxygen atoms in total. The fraction of sp³-hybridized carbons (Fsp3) is 0.321. The lowest BCUT2D eigenvalue weighted by Gasteiger charge is -2.33. The maximum absolute atomic E-state index is 12.0. The van der Waals surface area contributed by atoms with Crippen molar-refractivity contribution < 1.29 is 19.4 Å². The number of hydrogen-bond donors (Lipinski definition) is 1. The van der Waals surface area contributed by atoms with Crippen molar-refractivity contribution in [3.8, 4) is 11.5 Å². The van der Waals surface area contributed by atoms with E-state index in [9.17, 15) is 9.90 Å². The average Bonchev–Trinajstić information content (AvgIpc) is 3.31. The number of aryl methyl sites for hydroxylation is 1. The summed E-state index contributed by atoms with van der Waals surface area (Å²) in [5, 5.41) is 9.87. The summed E-state index contributed by atoms with van der Waals surface area (Å²) in [5.74, 6) is 0.596. The Morgan fingerprint density at radius 3 is 2.52 bits per heavy atom. The first-order chi connectivity index (χ1) is 16.1. The molecule has 1 saturated heterocycles. The normalized spacial score (nSPS) is 17.0. The van der Waals surface area contributed by atoms with Gasteiger partial charge in [-0.05, 0) is 61.1 Å². The SMILES string of the molecule is CCOc1cc(C(c2ccccc2C)N2CCCC2C(=O)O)ccc1OCc1ccccc1. The number of carboxylic acids is 1. The van der Waals surface area contributed by atoms with Crippen LogP contribution < -0.4 is 9.47 Å². The third kappa shape index (κ3) is 5.20. The van der Waals surface area contributed by atoms with Crippen LogP contribution in [0.2, 0.25) is 0 Å². The third-order valence-corrected chi connectivity index (χ3v) is 6.21. The standard InChI is InChI=1S/C28H31NO4/c1-3-32-26-18-22(15-16-25(26)33-19-21-11-5-4-6-12-21)27(23-13-8-7-10-20(23)2)29-17-9-14-24(29)28(30)31/h4-8,10-13,15-16,18,24,27H,3,9,14,17,19H2,1-2H3,(H,30,31). The molecule has 0 radical (unpaired) electrons. The van der Waals surface area contributed by atoms with Crippen LogP contribution in [0, 0.1) is 6.92 Å². The van der Waals surface area contributed by atoms with Crippen molar-refractivity contribution in [3.63, 3.8) is 0 Å². The second-order valence-electron chi connectivity index (χ2n) is 8.41. The van der Waals surface area contributed by atoms with Gasteiger partial charge in [-0.1, -0.05) is 60.7 Å².